The van der Waals surface area contributed by atoms with E-state index in [0.717, 1.165) is 13.1 Å². The summed E-state index contributed by atoms with van der Waals surface area (Å²) in [4.78, 5) is 50.6. The van der Waals surface area contributed by atoms with E-state index >= 15 is 0 Å². The van der Waals surface area contributed by atoms with Crippen molar-refractivity contribution in [1.29, 1.82) is 0 Å². The molecule has 0 radical (unpaired) electrons. The van der Waals surface area contributed by atoms with E-state index in [-0.39, 0.29) is 17.7 Å². The summed E-state index contributed by atoms with van der Waals surface area (Å²) in [5, 5.41) is 17.0. The van der Waals surface area contributed by atoms with Gasteiger partial charge in [-0.2, -0.15) is 0 Å². The second kappa shape index (κ2) is 14.4. The summed E-state index contributed by atoms with van der Waals surface area (Å²) in [6.45, 7) is 12.3. The van der Waals surface area contributed by atoms with Gasteiger partial charge in [-0.05, 0) is 43.7 Å². The van der Waals surface area contributed by atoms with E-state index in [1.807, 2.05) is 51.2 Å². The predicted octanol–water partition coefficient (Wildman–Crippen LogP) is 3.66. The molecule has 2 aliphatic rings. The van der Waals surface area contributed by atoms with Crippen LogP contribution < -0.4 is 20.7 Å². The molecule has 0 unspecified atom stereocenters. The minimum Gasteiger partial charge on any atom is -0.480 e. The molecule has 3 aromatic heterocycles. The molecule has 274 valence electrons. The van der Waals surface area contributed by atoms with E-state index < -0.39 is 34.6 Å². The van der Waals surface area contributed by atoms with E-state index in [0.29, 0.717) is 53.4 Å². The van der Waals surface area contributed by atoms with Gasteiger partial charge in [-0.15, -0.1) is 10.2 Å². The molecule has 4 heterocycles. The Morgan fingerprint density at radius 2 is 1.81 bits per heavy atom. The average Bonchev–Trinajstić information content (AvgIpc) is 3.54. The lowest BCUT2D eigenvalue weighted by Gasteiger charge is -2.38. The van der Waals surface area contributed by atoms with Gasteiger partial charge >= 0.3 is 6.03 Å². The number of amides is 3. The first-order valence-electron chi connectivity index (χ1n) is 17.1. The summed E-state index contributed by atoms with van der Waals surface area (Å²) >= 11 is 0. The minimum atomic E-state index is -1.52. The molecule has 0 bridgehead atoms. The molecule has 3 N–H and O–H groups in total. The fourth-order valence-corrected chi connectivity index (χ4v) is 6.08. The number of benzene rings is 1. The molecule has 1 saturated heterocycles. The largest absolute Gasteiger partial charge is 0.480 e. The van der Waals surface area contributed by atoms with Gasteiger partial charge in [0.1, 0.15) is 28.8 Å². The first-order valence-corrected chi connectivity index (χ1v) is 17.1. The maximum atomic E-state index is 13.6. The number of aromatic nitrogens is 5. The summed E-state index contributed by atoms with van der Waals surface area (Å²) in [7, 11) is 3.30. The van der Waals surface area contributed by atoms with Crippen LogP contribution in [0.3, 0.4) is 0 Å². The number of hydrogen-bond donors (Lipinski definition) is 3. The van der Waals surface area contributed by atoms with Crippen LogP contribution >= 0.6 is 0 Å². The van der Waals surface area contributed by atoms with E-state index in [2.05, 4.69) is 41.0 Å². The van der Waals surface area contributed by atoms with Crippen LogP contribution in [-0.4, -0.2) is 94.2 Å². The van der Waals surface area contributed by atoms with Gasteiger partial charge in [0, 0.05) is 57.4 Å². The molecule has 1 aliphatic carbocycles. The van der Waals surface area contributed by atoms with Gasteiger partial charge in [-0.3, -0.25) is 24.2 Å². The Morgan fingerprint density at radius 3 is 2.52 bits per heavy atom. The Balaban J connectivity index is 1.19. The molecule has 1 aromatic carbocycles. The number of rotatable bonds is 12. The van der Waals surface area contributed by atoms with E-state index in [4.69, 9.17) is 14.2 Å². The zero-order chi connectivity index (χ0) is 37.3. The lowest BCUT2D eigenvalue weighted by atomic mass is 9.81. The number of fused-ring (bicyclic) bond motifs is 2. The third kappa shape index (κ3) is 7.52. The zero-order valence-electron chi connectivity index (χ0n) is 30.5. The van der Waals surface area contributed by atoms with Crippen LogP contribution in [0.4, 0.5) is 10.6 Å². The monoisotopic (exact) mass is 711 g/mol. The van der Waals surface area contributed by atoms with Gasteiger partial charge < -0.3 is 24.8 Å². The Bertz CT molecular complexity index is 2000. The second-order valence-electron chi connectivity index (χ2n) is 14.5. The molecule has 15 heteroatoms. The van der Waals surface area contributed by atoms with Crippen molar-refractivity contribution in [2.45, 2.75) is 63.4 Å². The van der Waals surface area contributed by atoms with Gasteiger partial charge in [-0.1, -0.05) is 45.0 Å². The molecule has 6 rings (SSSR count). The highest BCUT2D eigenvalue weighted by atomic mass is 16.5. The maximum absolute atomic E-state index is 13.6. The van der Waals surface area contributed by atoms with Crippen LogP contribution in [0.2, 0.25) is 0 Å². The number of anilines is 1. The number of urea groups is 1. The van der Waals surface area contributed by atoms with Gasteiger partial charge in [-0.25, -0.2) is 14.8 Å². The number of carbonyl (C=O) groups excluding carboxylic acids is 3. The van der Waals surface area contributed by atoms with Crippen LogP contribution in [0.15, 0.2) is 60.8 Å². The molecule has 0 saturated carbocycles. The molecule has 2 atom stereocenters. The number of hydrogen-bond acceptors (Lipinski definition) is 11. The molecular weight excluding hydrogens is 666 g/mol. The number of ether oxygens (including phenoxy) is 3. The highest BCUT2D eigenvalue weighted by Crippen LogP contribution is 2.37. The molecule has 1 aliphatic heterocycles. The van der Waals surface area contributed by atoms with Crippen LogP contribution in [0, 0.1) is 0 Å². The normalized spacial score (nSPS) is 19.1. The summed E-state index contributed by atoms with van der Waals surface area (Å²) in [6.07, 6.45) is 5.44. The van der Waals surface area contributed by atoms with Crippen LogP contribution in [0.5, 0.6) is 5.75 Å². The summed E-state index contributed by atoms with van der Waals surface area (Å²) < 4.78 is 19.2. The molecule has 4 aromatic rings. The standard InChI is InChI=1S/C37H45N9O6/c1-35(2,3)28-18-29(40-31(39-28)32(48)38-16-17-45-19-24(20-45)50-6)41-34(49)42-37(22-47)15-14-27(25-10-8-9-11-26(25)37)52-23-12-13-30-43-44-33(46(30)21-23)36(4,5)51-7/h8-15,18,21-22,24,27H,16-17,19-20H2,1-7H3,(H,38,48)(H2,39,40,41,42,49)/t27-,37-/m1/s1. The van der Waals surface area contributed by atoms with Gasteiger partial charge in [0.25, 0.3) is 5.91 Å². The molecule has 1 fully saturated rings. The maximum Gasteiger partial charge on any atom is 0.321 e. The van der Waals surface area contributed by atoms with Crippen molar-refractivity contribution in [1.82, 2.24) is 40.1 Å². The van der Waals surface area contributed by atoms with Crippen LogP contribution in [0.25, 0.3) is 5.65 Å². The fraction of sp³-hybridized carbons (Fsp3) is 0.432. The first kappa shape index (κ1) is 36.5. The Kier molecular flexibility index (Phi) is 10.1. The lowest BCUT2D eigenvalue weighted by Crippen LogP contribution is -2.53. The van der Waals surface area contributed by atoms with E-state index in [9.17, 15) is 14.4 Å². The van der Waals surface area contributed by atoms with Crippen molar-refractivity contribution < 1.29 is 28.6 Å². The summed E-state index contributed by atoms with van der Waals surface area (Å²) in [5.74, 6) is 0.729. The lowest BCUT2D eigenvalue weighted by molar-refractivity contribution is -0.111. The van der Waals surface area contributed by atoms with Gasteiger partial charge in [0.2, 0.25) is 5.82 Å². The van der Waals surface area contributed by atoms with Gasteiger partial charge in [0.15, 0.2) is 17.8 Å². The SMILES string of the molecule is COC1CN(CCNC(=O)c2nc(NC(=O)N[C@@]3(C=O)C=C[C@@H](Oc4ccc5nnc(C(C)(C)OC)n5c4)c4ccccc43)cc(C(C)(C)C)n2)C1. The smallest absolute Gasteiger partial charge is 0.321 e. The van der Waals surface area contributed by atoms with Crippen LogP contribution in [-0.2, 0) is 30.8 Å². The Morgan fingerprint density at radius 1 is 1.04 bits per heavy atom. The van der Waals surface area contributed by atoms with Crippen molar-refractivity contribution in [3.05, 3.63) is 89.3 Å². The average molecular weight is 712 g/mol. The zero-order valence-corrected chi connectivity index (χ0v) is 30.5. The molecular formula is C37H45N9O6. The van der Waals surface area contributed by atoms with Crippen LogP contribution in [0.1, 0.15) is 74.0 Å². The topological polar surface area (TPSA) is 174 Å². The third-order valence-corrected chi connectivity index (χ3v) is 9.35. The van der Waals surface area contributed by atoms with Crippen molar-refractivity contribution in [3.8, 4) is 5.75 Å². The molecule has 3 amide bonds. The summed E-state index contributed by atoms with van der Waals surface area (Å²) in [6, 6.07) is 11.8. The third-order valence-electron chi connectivity index (χ3n) is 9.35. The number of methoxy groups -OCH3 is 2. The quantitative estimate of drug-likeness (QED) is 0.145. The van der Waals surface area contributed by atoms with Crippen molar-refractivity contribution >= 4 is 29.7 Å². The van der Waals surface area contributed by atoms with Crippen molar-refractivity contribution in [3.63, 3.8) is 0 Å². The number of aldehydes is 1. The van der Waals surface area contributed by atoms with E-state index in [1.54, 1.807) is 62.9 Å². The van der Waals surface area contributed by atoms with E-state index in [1.165, 1.54) is 0 Å². The Hall–Kier alpha value is -5.25. The number of nitrogens with one attached hydrogen (secondary N) is 3. The number of nitrogens with zero attached hydrogens (tertiary/aromatic N) is 6. The molecule has 52 heavy (non-hydrogen) atoms. The van der Waals surface area contributed by atoms with Crippen molar-refractivity contribution in [2.24, 2.45) is 0 Å². The van der Waals surface area contributed by atoms with Gasteiger partial charge in [0.05, 0.1) is 18.0 Å². The highest BCUT2D eigenvalue weighted by molar-refractivity contribution is 5.94. The number of likely N-dealkylation sites (tertiary alicyclic amines) is 1. The van der Waals surface area contributed by atoms with Crippen molar-refractivity contribution in [2.75, 3.05) is 45.7 Å². The first-order chi connectivity index (χ1) is 24.7. The fourth-order valence-electron chi connectivity index (χ4n) is 6.08. The second-order valence-corrected chi connectivity index (χ2v) is 14.5. The Labute approximate surface area is 302 Å². The molecule has 0 spiro atoms. The predicted molar refractivity (Wildman–Crippen MR) is 192 cm³/mol. The highest BCUT2D eigenvalue weighted by Gasteiger charge is 2.39. The summed E-state index contributed by atoms with van der Waals surface area (Å²) in [5.41, 5.74) is -0.250. The number of pyridine rings is 1. The minimum absolute atomic E-state index is 0.0725. The molecule has 15 nitrogen and oxygen atoms in total. The number of carbonyl (C=O) groups is 3.